The number of carbonyl (C=O) groups excluding carboxylic acids is 1. The maximum absolute atomic E-state index is 13.5. The van der Waals surface area contributed by atoms with E-state index in [0.717, 1.165) is 40.2 Å². The van der Waals surface area contributed by atoms with Crippen molar-refractivity contribution in [2.24, 2.45) is 0 Å². The molecular formula is C24H22FN5OS. The Balaban J connectivity index is 1.38. The minimum Gasteiger partial charge on any atom is -0.357 e. The first-order chi connectivity index (χ1) is 15.6. The van der Waals surface area contributed by atoms with E-state index in [9.17, 15) is 9.18 Å². The molecule has 0 saturated heterocycles. The number of nitrogens with one attached hydrogen (secondary N) is 1. The quantitative estimate of drug-likeness (QED) is 0.466. The van der Waals surface area contributed by atoms with E-state index in [1.807, 2.05) is 36.2 Å². The van der Waals surface area contributed by atoms with Crippen LogP contribution in [0.2, 0.25) is 0 Å². The average Bonchev–Trinajstić information content (AvgIpc) is 3.45. The van der Waals surface area contributed by atoms with Gasteiger partial charge in [-0.05, 0) is 49.6 Å². The van der Waals surface area contributed by atoms with Crippen LogP contribution in [0.1, 0.15) is 29.6 Å². The average molecular weight is 448 g/mol. The first-order valence-corrected chi connectivity index (χ1v) is 11.4. The Hall–Kier alpha value is -3.39. The molecule has 162 valence electrons. The Kier molecular flexibility index (Phi) is 5.53. The van der Waals surface area contributed by atoms with Crippen molar-refractivity contribution in [2.45, 2.75) is 31.3 Å². The maximum Gasteiger partial charge on any atom is 0.254 e. The highest BCUT2D eigenvalue weighted by molar-refractivity contribution is 7.22. The summed E-state index contributed by atoms with van der Waals surface area (Å²) < 4.78 is 14.3. The van der Waals surface area contributed by atoms with E-state index in [1.165, 1.54) is 23.5 Å². The number of fused-ring (bicyclic) bond motifs is 1. The second kappa shape index (κ2) is 8.63. The number of amides is 1. The van der Waals surface area contributed by atoms with Crippen LogP contribution in [0.3, 0.4) is 0 Å². The summed E-state index contributed by atoms with van der Waals surface area (Å²) in [6.45, 7) is 0. The summed E-state index contributed by atoms with van der Waals surface area (Å²) in [7, 11) is 1.85. The molecule has 0 aliphatic heterocycles. The Bertz CT molecular complexity index is 1260. The van der Waals surface area contributed by atoms with Crippen LogP contribution in [0.4, 0.5) is 9.52 Å². The van der Waals surface area contributed by atoms with Gasteiger partial charge in [-0.25, -0.2) is 19.3 Å². The minimum atomic E-state index is -0.266. The monoisotopic (exact) mass is 447 g/mol. The van der Waals surface area contributed by atoms with Crippen molar-refractivity contribution in [3.8, 4) is 11.4 Å². The molecule has 2 aromatic carbocycles. The molecule has 1 saturated carbocycles. The number of hydrogen-bond acceptors (Lipinski definition) is 6. The molecule has 1 fully saturated rings. The van der Waals surface area contributed by atoms with E-state index in [2.05, 4.69) is 20.3 Å². The summed E-state index contributed by atoms with van der Waals surface area (Å²) in [5.74, 6) is 0.212. The fourth-order valence-corrected chi connectivity index (χ4v) is 5.29. The highest BCUT2D eigenvalue weighted by Crippen LogP contribution is 2.32. The molecule has 1 aliphatic rings. The predicted molar refractivity (Wildman–Crippen MR) is 124 cm³/mol. The molecule has 0 radical (unpaired) electrons. The normalized spacial score (nSPS) is 18.1. The van der Waals surface area contributed by atoms with Crippen molar-refractivity contribution >= 4 is 32.6 Å². The van der Waals surface area contributed by atoms with Crippen LogP contribution < -0.4 is 5.32 Å². The number of benzene rings is 2. The second-order valence-electron chi connectivity index (χ2n) is 7.91. The molecule has 8 heteroatoms. The van der Waals surface area contributed by atoms with E-state index in [1.54, 1.807) is 24.5 Å². The van der Waals surface area contributed by atoms with E-state index in [-0.39, 0.29) is 23.8 Å². The first kappa shape index (κ1) is 20.5. The third kappa shape index (κ3) is 3.93. The summed E-state index contributed by atoms with van der Waals surface area (Å²) in [4.78, 5) is 28.5. The first-order valence-electron chi connectivity index (χ1n) is 10.6. The van der Waals surface area contributed by atoms with Gasteiger partial charge in [-0.2, -0.15) is 0 Å². The zero-order chi connectivity index (χ0) is 22.1. The molecular weight excluding hydrogens is 425 g/mol. The fourth-order valence-electron chi connectivity index (χ4n) is 4.33. The van der Waals surface area contributed by atoms with Crippen molar-refractivity contribution in [1.29, 1.82) is 0 Å². The lowest BCUT2D eigenvalue weighted by atomic mass is 10.0. The largest absolute Gasteiger partial charge is 0.357 e. The number of hydrogen-bond donors (Lipinski definition) is 1. The smallest absolute Gasteiger partial charge is 0.254 e. The molecule has 2 atom stereocenters. The van der Waals surface area contributed by atoms with Gasteiger partial charge in [-0.15, -0.1) is 0 Å². The number of rotatable bonds is 5. The van der Waals surface area contributed by atoms with Gasteiger partial charge in [0.2, 0.25) is 0 Å². The lowest BCUT2D eigenvalue weighted by Gasteiger charge is -2.30. The predicted octanol–water partition coefficient (Wildman–Crippen LogP) is 5.00. The Labute approximate surface area is 189 Å². The van der Waals surface area contributed by atoms with Crippen molar-refractivity contribution in [3.63, 3.8) is 0 Å². The standard InChI is InChI=1S/C24H22FN5OS/c1-30(23(31)17-7-3-2-6-16(17)22-26-12-5-13-27-22)20-9-4-8-18(20)28-24-29-19-11-10-15(25)14-21(19)32-24/h2-3,5-7,10-14,18,20H,4,8-9H2,1H3,(H,28,29)/t18-,20+/m1/s1. The number of aromatic nitrogens is 3. The summed E-state index contributed by atoms with van der Waals surface area (Å²) in [6.07, 6.45) is 6.21. The van der Waals surface area contributed by atoms with Gasteiger partial charge < -0.3 is 10.2 Å². The van der Waals surface area contributed by atoms with Crippen molar-refractivity contribution in [2.75, 3.05) is 12.4 Å². The van der Waals surface area contributed by atoms with Crippen molar-refractivity contribution < 1.29 is 9.18 Å². The third-order valence-corrected chi connectivity index (χ3v) is 6.87. The van der Waals surface area contributed by atoms with E-state index < -0.39 is 0 Å². The van der Waals surface area contributed by atoms with Gasteiger partial charge in [-0.1, -0.05) is 29.5 Å². The molecule has 1 amide bonds. The maximum atomic E-state index is 13.5. The van der Waals surface area contributed by atoms with Crippen molar-refractivity contribution in [3.05, 3.63) is 72.3 Å². The summed E-state index contributed by atoms with van der Waals surface area (Å²) in [5, 5.41) is 4.25. The number of halogens is 1. The van der Waals surface area contributed by atoms with Gasteiger partial charge in [0, 0.05) is 31.0 Å². The summed E-state index contributed by atoms with van der Waals surface area (Å²) >= 11 is 1.43. The second-order valence-corrected chi connectivity index (χ2v) is 8.94. The van der Waals surface area contributed by atoms with Crippen LogP contribution in [0, 0.1) is 5.82 Å². The van der Waals surface area contributed by atoms with Gasteiger partial charge >= 0.3 is 0 Å². The fraction of sp³-hybridized carbons (Fsp3) is 0.250. The highest BCUT2D eigenvalue weighted by Gasteiger charge is 2.34. The van der Waals surface area contributed by atoms with E-state index in [0.29, 0.717) is 11.4 Å². The van der Waals surface area contributed by atoms with Crippen LogP contribution in [-0.4, -0.2) is 44.9 Å². The molecule has 2 aromatic heterocycles. The van der Waals surface area contributed by atoms with E-state index in [4.69, 9.17) is 0 Å². The summed E-state index contributed by atoms with van der Waals surface area (Å²) in [6, 6.07) is 13.9. The SMILES string of the molecule is CN(C(=O)c1ccccc1-c1ncccn1)[C@H]1CCC[C@H]1Nc1nc2ccc(F)cc2s1. The molecule has 0 unspecified atom stereocenters. The van der Waals surface area contributed by atoms with Gasteiger partial charge in [0.25, 0.3) is 5.91 Å². The van der Waals surface area contributed by atoms with Gasteiger partial charge in [0.05, 0.1) is 21.8 Å². The van der Waals surface area contributed by atoms with Crippen LogP contribution >= 0.6 is 11.3 Å². The topological polar surface area (TPSA) is 71.0 Å². The number of nitrogens with zero attached hydrogens (tertiary/aromatic N) is 4. The Morgan fingerprint density at radius 3 is 2.78 bits per heavy atom. The van der Waals surface area contributed by atoms with Crippen LogP contribution in [-0.2, 0) is 0 Å². The lowest BCUT2D eigenvalue weighted by Crippen LogP contribution is -2.44. The number of carbonyl (C=O) groups is 1. The molecule has 2 heterocycles. The number of thiazole rings is 1. The molecule has 0 spiro atoms. The molecule has 4 aromatic rings. The molecule has 0 bridgehead atoms. The zero-order valence-corrected chi connectivity index (χ0v) is 18.3. The molecule has 1 N–H and O–H groups in total. The van der Waals surface area contributed by atoms with Crippen LogP contribution in [0.5, 0.6) is 0 Å². The zero-order valence-electron chi connectivity index (χ0n) is 17.5. The number of likely N-dealkylation sites (N-methyl/N-ethyl adjacent to an activating group) is 1. The molecule has 5 rings (SSSR count). The van der Waals surface area contributed by atoms with E-state index >= 15 is 0 Å². The number of anilines is 1. The molecule has 32 heavy (non-hydrogen) atoms. The van der Waals surface area contributed by atoms with Gasteiger partial charge in [0.1, 0.15) is 5.82 Å². The Morgan fingerprint density at radius 2 is 1.94 bits per heavy atom. The van der Waals surface area contributed by atoms with Crippen LogP contribution in [0.15, 0.2) is 60.9 Å². The third-order valence-electron chi connectivity index (χ3n) is 5.92. The minimum absolute atomic E-state index is 0.0241. The van der Waals surface area contributed by atoms with Gasteiger partial charge in [0.15, 0.2) is 11.0 Å². The molecule has 6 nitrogen and oxygen atoms in total. The summed E-state index contributed by atoms with van der Waals surface area (Å²) in [5.41, 5.74) is 2.08. The van der Waals surface area contributed by atoms with Crippen LogP contribution in [0.25, 0.3) is 21.6 Å². The van der Waals surface area contributed by atoms with Crippen molar-refractivity contribution in [1.82, 2.24) is 19.9 Å². The lowest BCUT2D eigenvalue weighted by molar-refractivity contribution is 0.0728. The molecule has 1 aliphatic carbocycles. The van der Waals surface area contributed by atoms with Gasteiger partial charge in [-0.3, -0.25) is 4.79 Å². The Morgan fingerprint density at radius 1 is 1.12 bits per heavy atom. The highest BCUT2D eigenvalue weighted by atomic mass is 32.1.